The lowest BCUT2D eigenvalue weighted by molar-refractivity contribution is 0.0185. The Hall–Kier alpha value is -1.51. The van der Waals surface area contributed by atoms with Crippen molar-refractivity contribution in [2.45, 2.75) is 38.2 Å². The van der Waals surface area contributed by atoms with Gasteiger partial charge in [-0.05, 0) is 62.1 Å². The summed E-state index contributed by atoms with van der Waals surface area (Å²) in [4.78, 5) is 10.9. The van der Waals surface area contributed by atoms with Gasteiger partial charge in [0, 0.05) is 5.56 Å². The molecule has 1 atom stereocenters. The summed E-state index contributed by atoms with van der Waals surface area (Å²) in [6, 6.07) is 5.35. The monoisotopic (exact) mass is 260 g/mol. The van der Waals surface area contributed by atoms with Gasteiger partial charge in [-0.3, -0.25) is 4.79 Å². The molecule has 102 valence electrons. The Morgan fingerprint density at radius 3 is 2.53 bits per heavy atom. The first-order valence-corrected chi connectivity index (χ1v) is 7.10. The maximum Gasteiger partial charge on any atom is 0.162 e. The molecule has 3 aliphatic carbocycles. The number of carbonyl (C=O) groups is 1. The normalized spacial score (nSPS) is 29.0. The predicted molar refractivity (Wildman–Crippen MR) is 72.9 cm³/mol. The van der Waals surface area contributed by atoms with Gasteiger partial charge in [0.2, 0.25) is 0 Å². The Bertz CT molecular complexity index is 461. The number of hydrogen-bond acceptors (Lipinski definition) is 3. The number of rotatable bonds is 4. The van der Waals surface area contributed by atoms with Crippen LogP contribution in [0, 0.1) is 11.8 Å². The van der Waals surface area contributed by atoms with E-state index in [9.17, 15) is 4.79 Å². The molecule has 0 N–H and O–H groups in total. The van der Waals surface area contributed by atoms with Crippen LogP contribution >= 0.6 is 0 Å². The number of methoxy groups -OCH3 is 1. The quantitative estimate of drug-likeness (QED) is 0.778. The van der Waals surface area contributed by atoms with Gasteiger partial charge in [-0.2, -0.15) is 0 Å². The number of hydrogen-bond donors (Lipinski definition) is 0. The Labute approximate surface area is 113 Å². The molecule has 0 spiro atoms. The Morgan fingerprint density at radius 1 is 1.16 bits per heavy atom. The molecule has 3 saturated carbocycles. The Morgan fingerprint density at radius 2 is 1.95 bits per heavy atom. The van der Waals surface area contributed by atoms with E-state index in [0.29, 0.717) is 29.1 Å². The van der Waals surface area contributed by atoms with Crippen LogP contribution in [-0.4, -0.2) is 19.5 Å². The van der Waals surface area contributed by atoms with Crippen molar-refractivity contribution >= 4 is 6.29 Å². The maximum absolute atomic E-state index is 10.9. The third-order valence-electron chi connectivity index (χ3n) is 4.58. The number of benzene rings is 1. The highest BCUT2D eigenvalue weighted by molar-refractivity contribution is 5.76. The third-order valence-corrected chi connectivity index (χ3v) is 4.58. The van der Waals surface area contributed by atoms with E-state index in [-0.39, 0.29) is 0 Å². The first kappa shape index (κ1) is 12.5. The van der Waals surface area contributed by atoms with Gasteiger partial charge in [0.1, 0.15) is 12.4 Å². The van der Waals surface area contributed by atoms with Crippen LogP contribution in [0.3, 0.4) is 0 Å². The van der Waals surface area contributed by atoms with Crippen molar-refractivity contribution in [3.63, 3.8) is 0 Å². The minimum atomic E-state index is 0.295. The molecule has 0 unspecified atom stereocenters. The van der Waals surface area contributed by atoms with Gasteiger partial charge in [0.15, 0.2) is 11.5 Å². The van der Waals surface area contributed by atoms with E-state index in [1.54, 1.807) is 25.3 Å². The zero-order chi connectivity index (χ0) is 13.2. The van der Waals surface area contributed by atoms with E-state index in [1.165, 1.54) is 25.7 Å². The fourth-order valence-electron chi connectivity index (χ4n) is 3.48. The molecule has 3 aliphatic rings. The lowest BCUT2D eigenvalue weighted by atomic mass is 9.69. The molecular formula is C16H20O3. The number of ether oxygens (including phenoxy) is 2. The molecule has 3 heteroatoms. The van der Waals surface area contributed by atoms with Crippen molar-refractivity contribution in [2.24, 2.45) is 11.8 Å². The second kappa shape index (κ2) is 5.24. The number of carbonyl (C=O) groups excluding carboxylic acids is 1. The molecule has 0 radical (unpaired) electrons. The Balaban J connectivity index is 1.80. The minimum Gasteiger partial charge on any atom is -0.493 e. The van der Waals surface area contributed by atoms with E-state index >= 15 is 0 Å². The molecule has 3 nitrogen and oxygen atoms in total. The van der Waals surface area contributed by atoms with Gasteiger partial charge in [-0.15, -0.1) is 0 Å². The molecule has 0 aliphatic heterocycles. The topological polar surface area (TPSA) is 35.5 Å². The first-order valence-electron chi connectivity index (χ1n) is 7.10. The summed E-state index contributed by atoms with van der Waals surface area (Å²) in [6.07, 6.45) is 7.57. The second-order valence-corrected chi connectivity index (χ2v) is 5.70. The summed E-state index contributed by atoms with van der Waals surface area (Å²) in [5, 5.41) is 0. The second-order valence-electron chi connectivity index (χ2n) is 5.70. The smallest absolute Gasteiger partial charge is 0.162 e. The van der Waals surface area contributed by atoms with E-state index in [0.717, 1.165) is 18.6 Å². The summed E-state index contributed by atoms with van der Waals surface area (Å²) >= 11 is 0. The van der Waals surface area contributed by atoms with Crippen LogP contribution in [-0.2, 0) is 0 Å². The summed E-state index contributed by atoms with van der Waals surface area (Å²) in [6.45, 7) is 0. The molecule has 0 heterocycles. The molecule has 0 aromatic heterocycles. The molecule has 4 rings (SSSR count). The van der Waals surface area contributed by atoms with Gasteiger partial charge < -0.3 is 9.47 Å². The Kier molecular flexibility index (Phi) is 3.45. The molecular weight excluding hydrogens is 240 g/mol. The predicted octanol–water partition coefficient (Wildman–Crippen LogP) is 3.47. The van der Waals surface area contributed by atoms with Crippen molar-refractivity contribution < 1.29 is 14.3 Å². The van der Waals surface area contributed by atoms with Gasteiger partial charge in [0.25, 0.3) is 0 Å². The fraction of sp³-hybridized carbons (Fsp3) is 0.562. The SMILES string of the molecule is COc1ccc(C=O)cc1O[C@@H]1CC2CCC1CC2. The summed E-state index contributed by atoms with van der Waals surface area (Å²) in [7, 11) is 1.63. The van der Waals surface area contributed by atoms with Gasteiger partial charge in [-0.1, -0.05) is 0 Å². The molecule has 0 amide bonds. The summed E-state index contributed by atoms with van der Waals surface area (Å²) < 4.78 is 11.5. The summed E-state index contributed by atoms with van der Waals surface area (Å²) in [5.74, 6) is 2.93. The molecule has 1 aromatic rings. The van der Waals surface area contributed by atoms with Crippen LogP contribution in [0.2, 0.25) is 0 Å². The highest BCUT2D eigenvalue weighted by Gasteiger charge is 2.37. The van der Waals surface area contributed by atoms with Crippen LogP contribution < -0.4 is 9.47 Å². The van der Waals surface area contributed by atoms with E-state index in [4.69, 9.17) is 9.47 Å². The van der Waals surface area contributed by atoms with E-state index in [1.807, 2.05) is 0 Å². The summed E-state index contributed by atoms with van der Waals surface area (Å²) in [5.41, 5.74) is 0.636. The molecule has 1 aromatic carbocycles. The molecule has 0 saturated heterocycles. The standard InChI is InChI=1S/C16H20O3/c1-18-14-7-4-12(10-17)9-16(14)19-15-8-11-2-5-13(15)6-3-11/h4,7,9-11,13,15H,2-3,5-6,8H2,1H3/t11?,13?,15-/m1/s1. The molecule has 19 heavy (non-hydrogen) atoms. The minimum absolute atomic E-state index is 0.295. The van der Waals surface area contributed by atoms with Crippen LogP contribution in [0.5, 0.6) is 11.5 Å². The van der Waals surface area contributed by atoms with Crippen molar-refractivity contribution in [3.8, 4) is 11.5 Å². The van der Waals surface area contributed by atoms with Crippen molar-refractivity contribution in [1.29, 1.82) is 0 Å². The number of fused-ring (bicyclic) bond motifs is 3. The van der Waals surface area contributed by atoms with Crippen LogP contribution in [0.1, 0.15) is 42.5 Å². The fourth-order valence-corrected chi connectivity index (χ4v) is 3.48. The molecule has 3 fully saturated rings. The zero-order valence-corrected chi connectivity index (χ0v) is 11.3. The van der Waals surface area contributed by atoms with Crippen molar-refractivity contribution in [2.75, 3.05) is 7.11 Å². The van der Waals surface area contributed by atoms with Crippen LogP contribution in [0.15, 0.2) is 18.2 Å². The largest absolute Gasteiger partial charge is 0.493 e. The maximum atomic E-state index is 10.9. The lowest BCUT2D eigenvalue weighted by Gasteiger charge is -2.42. The van der Waals surface area contributed by atoms with E-state index in [2.05, 4.69) is 0 Å². The highest BCUT2D eigenvalue weighted by Crippen LogP contribution is 2.43. The molecule has 2 bridgehead atoms. The van der Waals surface area contributed by atoms with E-state index < -0.39 is 0 Å². The van der Waals surface area contributed by atoms with Gasteiger partial charge in [-0.25, -0.2) is 0 Å². The van der Waals surface area contributed by atoms with Crippen LogP contribution in [0.25, 0.3) is 0 Å². The zero-order valence-electron chi connectivity index (χ0n) is 11.3. The third kappa shape index (κ3) is 2.46. The lowest BCUT2D eigenvalue weighted by Crippen LogP contribution is -2.38. The van der Waals surface area contributed by atoms with Gasteiger partial charge in [0.05, 0.1) is 7.11 Å². The van der Waals surface area contributed by atoms with Crippen molar-refractivity contribution in [1.82, 2.24) is 0 Å². The first-order chi connectivity index (χ1) is 9.30. The average molecular weight is 260 g/mol. The number of aldehydes is 1. The van der Waals surface area contributed by atoms with Crippen LogP contribution in [0.4, 0.5) is 0 Å². The van der Waals surface area contributed by atoms with Gasteiger partial charge >= 0.3 is 0 Å². The highest BCUT2D eigenvalue weighted by atomic mass is 16.5. The van der Waals surface area contributed by atoms with Crippen molar-refractivity contribution in [3.05, 3.63) is 23.8 Å². The average Bonchev–Trinajstić information content (AvgIpc) is 2.48.